The van der Waals surface area contributed by atoms with E-state index in [0.717, 1.165) is 0 Å². The maximum Gasteiger partial charge on any atom is 0.306 e. The molecule has 0 aromatic rings. The van der Waals surface area contributed by atoms with Crippen molar-refractivity contribution in [1.29, 1.82) is 0 Å². The Bertz CT molecular complexity index is 371. The molecule has 2 atom stereocenters. The highest BCUT2D eigenvalue weighted by atomic mass is 16.4. The number of likely N-dealkylation sites (tertiary alicyclic amines) is 1. The number of carboxylic acid groups (broad SMARTS) is 1. The van der Waals surface area contributed by atoms with Gasteiger partial charge in [-0.05, 0) is 26.3 Å². The first-order chi connectivity index (χ1) is 9.49. The summed E-state index contributed by atoms with van der Waals surface area (Å²) in [6.07, 6.45) is 4.60. The van der Waals surface area contributed by atoms with Crippen molar-refractivity contribution in [3.05, 3.63) is 25.3 Å². The molecule has 5 nitrogen and oxygen atoms in total. The van der Waals surface area contributed by atoms with E-state index in [1.807, 2.05) is 6.92 Å². The average Bonchev–Trinajstić information content (AvgIpc) is 2.40. The lowest BCUT2D eigenvalue weighted by Gasteiger charge is -2.36. The molecule has 1 fully saturated rings. The molecule has 0 bridgehead atoms. The van der Waals surface area contributed by atoms with Crippen LogP contribution < -0.4 is 0 Å². The fraction of sp³-hybridized carbons (Fsp3) is 0.600. The Morgan fingerprint density at radius 2 is 1.95 bits per heavy atom. The number of amides is 1. The fourth-order valence-corrected chi connectivity index (χ4v) is 2.54. The van der Waals surface area contributed by atoms with E-state index in [1.165, 1.54) is 0 Å². The van der Waals surface area contributed by atoms with Gasteiger partial charge in [-0.3, -0.25) is 14.5 Å². The van der Waals surface area contributed by atoms with Crippen molar-refractivity contribution in [3.63, 3.8) is 0 Å². The van der Waals surface area contributed by atoms with Crippen LogP contribution in [-0.4, -0.2) is 59.0 Å². The minimum absolute atomic E-state index is 0.0328. The van der Waals surface area contributed by atoms with Gasteiger partial charge in [0.05, 0.1) is 12.5 Å². The Balaban J connectivity index is 2.55. The molecular weight excluding hydrogens is 256 g/mol. The molecule has 1 heterocycles. The first-order valence-corrected chi connectivity index (χ1v) is 6.96. The SMILES string of the molecule is C=CCN(CC=C)C(=O)CN1CCC(C(=O)O)CC1C. The molecule has 5 heteroatoms. The highest BCUT2D eigenvalue weighted by molar-refractivity contribution is 5.78. The maximum absolute atomic E-state index is 12.2. The van der Waals surface area contributed by atoms with Gasteiger partial charge in [-0.1, -0.05) is 12.2 Å². The summed E-state index contributed by atoms with van der Waals surface area (Å²) in [5.41, 5.74) is 0. The van der Waals surface area contributed by atoms with Crippen LogP contribution in [0.25, 0.3) is 0 Å². The molecule has 0 aromatic heterocycles. The van der Waals surface area contributed by atoms with Crippen LogP contribution >= 0.6 is 0 Å². The smallest absolute Gasteiger partial charge is 0.306 e. The average molecular weight is 280 g/mol. The quantitative estimate of drug-likeness (QED) is 0.716. The topological polar surface area (TPSA) is 60.9 Å². The van der Waals surface area contributed by atoms with Gasteiger partial charge < -0.3 is 10.0 Å². The zero-order valence-corrected chi connectivity index (χ0v) is 12.1. The van der Waals surface area contributed by atoms with E-state index in [2.05, 4.69) is 18.1 Å². The van der Waals surface area contributed by atoms with Gasteiger partial charge in [0.2, 0.25) is 5.91 Å². The molecule has 112 valence electrons. The van der Waals surface area contributed by atoms with Gasteiger partial charge in [0.15, 0.2) is 0 Å². The molecule has 1 saturated heterocycles. The summed E-state index contributed by atoms with van der Waals surface area (Å²) in [7, 11) is 0. The zero-order chi connectivity index (χ0) is 15.1. The van der Waals surface area contributed by atoms with Gasteiger partial charge in [0.1, 0.15) is 0 Å². The van der Waals surface area contributed by atoms with Crippen molar-refractivity contribution in [2.75, 3.05) is 26.2 Å². The van der Waals surface area contributed by atoms with Crippen LogP contribution in [-0.2, 0) is 9.59 Å². The molecule has 20 heavy (non-hydrogen) atoms. The Labute approximate surface area is 120 Å². The monoisotopic (exact) mass is 280 g/mol. The van der Waals surface area contributed by atoms with Gasteiger partial charge in [-0.15, -0.1) is 13.2 Å². The summed E-state index contributed by atoms with van der Waals surface area (Å²) in [6, 6.07) is 0.114. The molecule has 0 radical (unpaired) electrons. The second-order valence-electron chi connectivity index (χ2n) is 5.26. The summed E-state index contributed by atoms with van der Waals surface area (Å²) < 4.78 is 0. The van der Waals surface area contributed by atoms with Gasteiger partial charge in [0.25, 0.3) is 0 Å². The number of aliphatic carboxylic acids is 1. The van der Waals surface area contributed by atoms with Crippen molar-refractivity contribution in [1.82, 2.24) is 9.80 Å². The predicted molar refractivity (Wildman–Crippen MR) is 78.4 cm³/mol. The van der Waals surface area contributed by atoms with Gasteiger partial charge >= 0.3 is 5.97 Å². The van der Waals surface area contributed by atoms with E-state index in [0.29, 0.717) is 39.0 Å². The Morgan fingerprint density at radius 1 is 1.35 bits per heavy atom. The van der Waals surface area contributed by atoms with Crippen molar-refractivity contribution in [3.8, 4) is 0 Å². The van der Waals surface area contributed by atoms with Crippen LogP contribution in [0.2, 0.25) is 0 Å². The van der Waals surface area contributed by atoms with Crippen LogP contribution in [0.3, 0.4) is 0 Å². The molecular formula is C15H24N2O3. The van der Waals surface area contributed by atoms with Crippen LogP contribution in [0.1, 0.15) is 19.8 Å². The van der Waals surface area contributed by atoms with Gasteiger partial charge in [-0.2, -0.15) is 0 Å². The first kappa shape index (κ1) is 16.4. The summed E-state index contributed by atoms with van der Waals surface area (Å²) >= 11 is 0. The number of rotatable bonds is 7. The Hall–Kier alpha value is -1.62. The molecule has 1 aliphatic rings. The fourth-order valence-electron chi connectivity index (χ4n) is 2.54. The van der Waals surface area contributed by atoms with E-state index in [-0.39, 0.29) is 17.9 Å². The third-order valence-corrected chi connectivity index (χ3v) is 3.75. The summed E-state index contributed by atoms with van der Waals surface area (Å²) in [5, 5.41) is 9.04. The van der Waals surface area contributed by atoms with Crippen molar-refractivity contribution in [2.45, 2.75) is 25.8 Å². The lowest BCUT2D eigenvalue weighted by atomic mass is 9.92. The molecule has 1 aliphatic heterocycles. The normalized spacial score (nSPS) is 23.1. The third-order valence-electron chi connectivity index (χ3n) is 3.75. The van der Waals surface area contributed by atoms with Gasteiger partial charge in [-0.25, -0.2) is 0 Å². The number of hydrogen-bond donors (Lipinski definition) is 1. The summed E-state index contributed by atoms with van der Waals surface area (Å²) in [5.74, 6) is -0.984. The highest BCUT2D eigenvalue weighted by Gasteiger charge is 2.31. The van der Waals surface area contributed by atoms with Crippen molar-refractivity contribution in [2.24, 2.45) is 5.92 Å². The summed E-state index contributed by atoms with van der Waals surface area (Å²) in [6.45, 7) is 11.3. The van der Waals surface area contributed by atoms with E-state index in [1.54, 1.807) is 17.1 Å². The zero-order valence-electron chi connectivity index (χ0n) is 12.1. The van der Waals surface area contributed by atoms with Crippen LogP contribution in [0.15, 0.2) is 25.3 Å². The number of carbonyl (C=O) groups excluding carboxylic acids is 1. The molecule has 0 saturated carbocycles. The lowest BCUT2D eigenvalue weighted by molar-refractivity contribution is -0.144. The molecule has 2 unspecified atom stereocenters. The predicted octanol–water partition coefficient (Wildman–Crippen LogP) is 1.37. The summed E-state index contributed by atoms with van der Waals surface area (Å²) in [4.78, 5) is 27.0. The van der Waals surface area contributed by atoms with Crippen LogP contribution in [0, 0.1) is 5.92 Å². The largest absolute Gasteiger partial charge is 0.481 e. The standard InChI is InChI=1S/C15H24N2O3/c1-4-7-16(8-5-2)14(18)11-17-9-6-13(15(19)20)10-12(17)3/h4-5,12-13H,1-2,6-11H2,3H3,(H,19,20). The highest BCUT2D eigenvalue weighted by Crippen LogP contribution is 2.22. The maximum atomic E-state index is 12.2. The van der Waals surface area contributed by atoms with Crippen molar-refractivity contribution < 1.29 is 14.7 Å². The molecule has 1 amide bonds. The van der Waals surface area contributed by atoms with Crippen molar-refractivity contribution >= 4 is 11.9 Å². The number of carboxylic acids is 1. The lowest BCUT2D eigenvalue weighted by Crippen LogP contribution is -2.48. The number of piperidine rings is 1. The molecule has 0 spiro atoms. The minimum atomic E-state index is -0.734. The Morgan fingerprint density at radius 3 is 2.40 bits per heavy atom. The number of hydrogen-bond acceptors (Lipinski definition) is 3. The molecule has 1 N–H and O–H groups in total. The second kappa shape index (κ2) is 7.85. The number of nitrogens with zero attached hydrogens (tertiary/aromatic N) is 2. The second-order valence-corrected chi connectivity index (χ2v) is 5.26. The number of carbonyl (C=O) groups is 2. The Kier molecular flexibility index (Phi) is 6.45. The van der Waals surface area contributed by atoms with Crippen LogP contribution in [0.4, 0.5) is 0 Å². The molecule has 1 rings (SSSR count). The molecule has 0 aliphatic carbocycles. The van der Waals surface area contributed by atoms with E-state index in [9.17, 15) is 9.59 Å². The van der Waals surface area contributed by atoms with E-state index in [4.69, 9.17) is 5.11 Å². The van der Waals surface area contributed by atoms with Gasteiger partial charge in [0, 0.05) is 19.1 Å². The van der Waals surface area contributed by atoms with E-state index >= 15 is 0 Å². The molecule has 0 aromatic carbocycles. The third kappa shape index (κ3) is 4.49. The minimum Gasteiger partial charge on any atom is -0.481 e. The van der Waals surface area contributed by atoms with Crippen LogP contribution in [0.5, 0.6) is 0 Å². The first-order valence-electron chi connectivity index (χ1n) is 6.96. The van der Waals surface area contributed by atoms with E-state index < -0.39 is 5.97 Å².